The van der Waals surface area contributed by atoms with Gasteiger partial charge in [-0.3, -0.25) is 0 Å². The van der Waals surface area contributed by atoms with E-state index in [-0.39, 0.29) is 0 Å². The summed E-state index contributed by atoms with van der Waals surface area (Å²) >= 11 is 3.65. The van der Waals surface area contributed by atoms with Gasteiger partial charge in [-0.05, 0) is 60.3 Å². The Morgan fingerprint density at radius 1 is 1.33 bits per heavy atom. The van der Waals surface area contributed by atoms with Gasteiger partial charge >= 0.3 is 0 Å². The highest BCUT2D eigenvalue weighted by Gasteiger charge is 2.19. The highest BCUT2D eigenvalue weighted by Crippen LogP contribution is 2.32. The minimum Gasteiger partial charge on any atom is -0.389 e. The van der Waals surface area contributed by atoms with Gasteiger partial charge in [0.2, 0.25) is 0 Å². The maximum absolute atomic E-state index is 9.61. The molecule has 1 aromatic rings. The summed E-state index contributed by atoms with van der Waals surface area (Å²) in [6.45, 7) is 5.24. The number of halogens is 1. The first kappa shape index (κ1) is 13.9. The zero-order valence-electron chi connectivity index (χ0n) is 11.2. The summed E-state index contributed by atoms with van der Waals surface area (Å²) in [6.07, 6.45) is 4.81. The van der Waals surface area contributed by atoms with E-state index in [9.17, 15) is 5.11 Å². The van der Waals surface area contributed by atoms with E-state index in [1.807, 2.05) is 12.1 Å². The van der Waals surface area contributed by atoms with Crippen LogP contribution in [-0.2, 0) is 0 Å². The van der Waals surface area contributed by atoms with Gasteiger partial charge in [-0.1, -0.05) is 18.9 Å². The van der Waals surface area contributed by atoms with Crippen molar-refractivity contribution in [3.05, 3.63) is 28.2 Å². The lowest BCUT2D eigenvalue weighted by molar-refractivity contribution is 0.199. The maximum atomic E-state index is 9.61. The molecule has 1 aromatic carbocycles. The molecule has 1 unspecified atom stereocenters. The van der Waals surface area contributed by atoms with E-state index in [0.717, 1.165) is 16.6 Å². The minimum absolute atomic E-state index is 0.406. The minimum atomic E-state index is -0.406. The molecule has 0 aliphatic carbocycles. The highest BCUT2D eigenvalue weighted by atomic mass is 79.9. The van der Waals surface area contributed by atoms with Gasteiger partial charge in [0.05, 0.1) is 11.8 Å². The zero-order valence-corrected chi connectivity index (χ0v) is 12.8. The van der Waals surface area contributed by atoms with Crippen LogP contribution in [0.3, 0.4) is 0 Å². The fourth-order valence-corrected chi connectivity index (χ4v) is 3.27. The number of hydrogen-bond donors (Lipinski definition) is 1. The van der Waals surface area contributed by atoms with Crippen molar-refractivity contribution in [2.24, 2.45) is 0 Å². The van der Waals surface area contributed by atoms with Gasteiger partial charge in [0.1, 0.15) is 0 Å². The highest BCUT2D eigenvalue weighted by molar-refractivity contribution is 9.10. The summed E-state index contributed by atoms with van der Waals surface area (Å²) in [5.74, 6) is 0. The van der Waals surface area contributed by atoms with Crippen LogP contribution in [-0.4, -0.2) is 17.7 Å². The maximum Gasteiger partial charge on any atom is 0.0762 e. The topological polar surface area (TPSA) is 23.5 Å². The van der Waals surface area contributed by atoms with Crippen molar-refractivity contribution in [3.63, 3.8) is 0 Å². The Morgan fingerprint density at radius 3 is 2.78 bits per heavy atom. The molecule has 0 radical (unpaired) electrons. The molecule has 1 aliphatic rings. The van der Waals surface area contributed by atoms with Crippen LogP contribution in [0.5, 0.6) is 0 Å². The molecule has 100 valence electrons. The average molecular weight is 312 g/mol. The Labute approximate surface area is 118 Å². The number of aliphatic hydroxyl groups excluding tert-OH is 1. The van der Waals surface area contributed by atoms with Crippen molar-refractivity contribution in [1.82, 2.24) is 0 Å². The van der Waals surface area contributed by atoms with Crippen LogP contribution in [0.4, 0.5) is 5.69 Å². The van der Waals surface area contributed by atoms with Crippen molar-refractivity contribution in [3.8, 4) is 0 Å². The van der Waals surface area contributed by atoms with Crippen molar-refractivity contribution in [2.75, 3.05) is 11.4 Å². The largest absolute Gasteiger partial charge is 0.389 e. The van der Waals surface area contributed by atoms with Gasteiger partial charge in [0, 0.05) is 17.1 Å². The SMILES string of the molecule is CC1CCCCCN1c1ccc([C@H](C)O)cc1Br. The first-order chi connectivity index (χ1) is 8.59. The van der Waals surface area contributed by atoms with Gasteiger partial charge in [-0.2, -0.15) is 0 Å². The van der Waals surface area contributed by atoms with Gasteiger partial charge < -0.3 is 10.0 Å². The van der Waals surface area contributed by atoms with Gasteiger partial charge in [0.25, 0.3) is 0 Å². The third-order valence-electron chi connectivity index (χ3n) is 3.82. The van der Waals surface area contributed by atoms with Crippen LogP contribution in [0, 0.1) is 0 Å². The van der Waals surface area contributed by atoms with Crippen LogP contribution in [0.1, 0.15) is 51.2 Å². The second-order valence-electron chi connectivity index (χ2n) is 5.28. The molecule has 1 fully saturated rings. The van der Waals surface area contributed by atoms with E-state index in [2.05, 4.69) is 33.8 Å². The molecule has 3 heteroatoms. The summed E-state index contributed by atoms with van der Waals surface area (Å²) in [4.78, 5) is 2.49. The molecule has 2 atom stereocenters. The Kier molecular flexibility index (Phi) is 4.68. The monoisotopic (exact) mass is 311 g/mol. The standard InChI is InChI=1S/C15H22BrNO/c1-11-6-4-3-5-9-17(11)15-8-7-13(12(2)18)10-14(15)16/h7-8,10-12,18H,3-6,9H2,1-2H3/t11?,12-/m0/s1. The van der Waals surface area contributed by atoms with Crippen molar-refractivity contribution in [2.45, 2.75) is 51.7 Å². The number of benzene rings is 1. The number of hydrogen-bond acceptors (Lipinski definition) is 2. The first-order valence-corrected chi connectivity index (χ1v) is 7.63. The van der Waals surface area contributed by atoms with Gasteiger partial charge in [-0.25, -0.2) is 0 Å². The zero-order chi connectivity index (χ0) is 13.1. The van der Waals surface area contributed by atoms with E-state index >= 15 is 0 Å². The smallest absolute Gasteiger partial charge is 0.0762 e. The molecule has 0 amide bonds. The van der Waals surface area contributed by atoms with Gasteiger partial charge in [-0.15, -0.1) is 0 Å². The molecule has 1 heterocycles. The van der Waals surface area contributed by atoms with E-state index in [1.54, 1.807) is 6.92 Å². The molecule has 2 nitrogen and oxygen atoms in total. The Balaban J connectivity index is 2.26. The summed E-state index contributed by atoms with van der Waals surface area (Å²) in [7, 11) is 0. The van der Waals surface area contributed by atoms with Crippen LogP contribution in [0.15, 0.2) is 22.7 Å². The molecule has 1 N–H and O–H groups in total. The number of nitrogens with zero attached hydrogens (tertiary/aromatic N) is 1. The van der Waals surface area contributed by atoms with E-state index in [4.69, 9.17) is 0 Å². The number of aliphatic hydroxyl groups is 1. The third kappa shape index (κ3) is 3.07. The molecule has 1 aliphatic heterocycles. The summed E-state index contributed by atoms with van der Waals surface area (Å²) in [6, 6.07) is 6.80. The molecule has 0 spiro atoms. The van der Waals surface area contributed by atoms with Crippen LogP contribution in [0.25, 0.3) is 0 Å². The summed E-state index contributed by atoms with van der Waals surface area (Å²) < 4.78 is 1.09. The number of rotatable bonds is 2. The first-order valence-electron chi connectivity index (χ1n) is 6.83. The van der Waals surface area contributed by atoms with Crippen molar-refractivity contribution >= 4 is 21.6 Å². The van der Waals surface area contributed by atoms with Gasteiger partial charge in [0.15, 0.2) is 0 Å². The molecular formula is C15H22BrNO. The normalized spacial score (nSPS) is 22.7. The van der Waals surface area contributed by atoms with Crippen molar-refractivity contribution < 1.29 is 5.11 Å². The lowest BCUT2D eigenvalue weighted by Crippen LogP contribution is -2.32. The van der Waals surface area contributed by atoms with E-state index < -0.39 is 6.10 Å². The predicted octanol–water partition coefficient (Wildman–Crippen LogP) is 4.27. The lowest BCUT2D eigenvalue weighted by atomic mass is 10.1. The van der Waals surface area contributed by atoms with Crippen LogP contribution >= 0.6 is 15.9 Å². The fraction of sp³-hybridized carbons (Fsp3) is 0.600. The molecule has 18 heavy (non-hydrogen) atoms. The summed E-state index contributed by atoms with van der Waals surface area (Å²) in [5.41, 5.74) is 2.22. The lowest BCUT2D eigenvalue weighted by Gasteiger charge is -2.30. The van der Waals surface area contributed by atoms with Crippen LogP contribution < -0.4 is 4.90 Å². The summed E-state index contributed by atoms with van der Waals surface area (Å²) in [5, 5.41) is 9.61. The third-order valence-corrected chi connectivity index (χ3v) is 4.45. The Bertz CT molecular complexity index is 405. The second kappa shape index (κ2) is 6.07. The Hall–Kier alpha value is -0.540. The predicted molar refractivity (Wildman–Crippen MR) is 80.1 cm³/mol. The molecular weight excluding hydrogens is 290 g/mol. The van der Waals surface area contributed by atoms with Crippen molar-refractivity contribution in [1.29, 1.82) is 0 Å². The molecule has 0 bridgehead atoms. The molecule has 0 saturated carbocycles. The second-order valence-corrected chi connectivity index (χ2v) is 6.13. The number of anilines is 1. The molecule has 2 rings (SSSR count). The van der Waals surface area contributed by atoms with E-state index in [0.29, 0.717) is 6.04 Å². The Morgan fingerprint density at radius 2 is 2.11 bits per heavy atom. The van der Waals surface area contributed by atoms with E-state index in [1.165, 1.54) is 31.4 Å². The molecule has 1 saturated heterocycles. The fourth-order valence-electron chi connectivity index (χ4n) is 2.65. The quantitative estimate of drug-likeness (QED) is 0.881. The average Bonchev–Trinajstić information content (AvgIpc) is 2.54. The van der Waals surface area contributed by atoms with Crippen LogP contribution in [0.2, 0.25) is 0 Å². The molecule has 0 aromatic heterocycles.